The predicted octanol–water partition coefficient (Wildman–Crippen LogP) is 7.49. The number of fused-ring (bicyclic) bond motifs is 4. The minimum absolute atomic E-state index is 0.00795. The van der Waals surface area contributed by atoms with Crippen LogP contribution in [0.15, 0.2) is 140 Å². The molecule has 0 atom stereocenters. The molecular formula is C43H25N5O6. The minimum atomic E-state index is -0.718. The molecule has 11 heteroatoms. The van der Waals surface area contributed by atoms with E-state index in [1.54, 1.807) is 12.1 Å². The normalized spacial score (nSPS) is 13.4. The molecule has 0 fully saturated rings. The van der Waals surface area contributed by atoms with Gasteiger partial charge in [-0.3, -0.25) is 28.8 Å². The number of hydrogen-bond acceptors (Lipinski definition) is 7. The van der Waals surface area contributed by atoms with Gasteiger partial charge in [-0.05, 0) is 94.3 Å². The Hall–Kier alpha value is -7.79. The average Bonchev–Trinajstić information content (AvgIpc) is 3.60. The maximum atomic E-state index is 13.7. The molecular weight excluding hydrogens is 683 g/mol. The van der Waals surface area contributed by atoms with E-state index in [4.69, 9.17) is 0 Å². The first-order valence-corrected chi connectivity index (χ1v) is 16.9. The van der Waals surface area contributed by atoms with Crippen LogP contribution in [0.25, 0.3) is 21.5 Å². The van der Waals surface area contributed by atoms with Crippen molar-refractivity contribution in [1.29, 1.82) is 0 Å². The van der Waals surface area contributed by atoms with E-state index in [-0.39, 0.29) is 45.0 Å². The predicted molar refractivity (Wildman–Crippen MR) is 203 cm³/mol. The summed E-state index contributed by atoms with van der Waals surface area (Å²) >= 11 is 0. The largest absolute Gasteiger partial charge is 0.322 e. The van der Waals surface area contributed by atoms with E-state index in [2.05, 4.69) is 15.6 Å². The maximum absolute atomic E-state index is 13.7. The van der Waals surface area contributed by atoms with E-state index in [9.17, 15) is 28.8 Å². The van der Waals surface area contributed by atoms with Crippen LogP contribution < -0.4 is 20.4 Å². The van der Waals surface area contributed by atoms with Gasteiger partial charge < -0.3 is 10.6 Å². The van der Waals surface area contributed by atoms with Gasteiger partial charge in [-0.25, -0.2) is 14.8 Å². The van der Waals surface area contributed by atoms with Crippen LogP contribution in [0, 0.1) is 0 Å². The van der Waals surface area contributed by atoms with Crippen molar-refractivity contribution < 1.29 is 28.8 Å². The third kappa shape index (κ3) is 5.35. The summed E-state index contributed by atoms with van der Waals surface area (Å²) in [6.07, 6.45) is 0. The summed E-state index contributed by atoms with van der Waals surface area (Å²) in [4.78, 5) is 86.8. The summed E-state index contributed by atoms with van der Waals surface area (Å²) in [5.74, 6) is -3.95. The molecule has 0 radical (unpaired) electrons. The number of benzene rings is 6. The summed E-state index contributed by atoms with van der Waals surface area (Å²) in [7, 11) is 0. The zero-order chi connectivity index (χ0) is 37.1. The second-order valence-corrected chi connectivity index (χ2v) is 12.8. The fourth-order valence-corrected chi connectivity index (χ4v) is 6.78. The zero-order valence-electron chi connectivity index (χ0n) is 28.1. The molecule has 2 aliphatic heterocycles. The Morgan fingerprint density at radius 3 is 1.26 bits per heavy atom. The quantitative estimate of drug-likeness (QED) is 0.170. The van der Waals surface area contributed by atoms with E-state index >= 15 is 0 Å². The molecule has 6 aromatic carbocycles. The molecule has 7 aromatic rings. The molecule has 0 saturated heterocycles. The second kappa shape index (κ2) is 12.5. The summed E-state index contributed by atoms with van der Waals surface area (Å²) < 4.78 is 0. The van der Waals surface area contributed by atoms with Gasteiger partial charge in [0.1, 0.15) is 11.6 Å². The Balaban J connectivity index is 0.938. The molecule has 3 heterocycles. The molecule has 6 amide bonds. The lowest BCUT2D eigenvalue weighted by molar-refractivity contribution is 0.0912. The number of anilines is 4. The van der Waals surface area contributed by atoms with Crippen LogP contribution in [0.5, 0.6) is 0 Å². The molecule has 0 spiro atoms. The number of aromatic nitrogens is 1. The van der Waals surface area contributed by atoms with Crippen LogP contribution in [-0.2, 0) is 0 Å². The summed E-state index contributed by atoms with van der Waals surface area (Å²) in [6.45, 7) is 0. The molecule has 0 bridgehead atoms. The number of imide groups is 2. The Kier molecular flexibility index (Phi) is 7.42. The monoisotopic (exact) mass is 707 g/mol. The third-order valence-corrected chi connectivity index (χ3v) is 9.49. The van der Waals surface area contributed by atoms with Crippen LogP contribution >= 0.6 is 0 Å². The highest BCUT2D eigenvalue weighted by Crippen LogP contribution is 2.33. The first kappa shape index (κ1) is 32.1. The molecule has 54 heavy (non-hydrogen) atoms. The van der Waals surface area contributed by atoms with Gasteiger partial charge in [0.2, 0.25) is 0 Å². The number of carbonyl (C=O) groups excluding carboxylic acids is 6. The van der Waals surface area contributed by atoms with Gasteiger partial charge >= 0.3 is 0 Å². The van der Waals surface area contributed by atoms with Gasteiger partial charge in [0.05, 0.1) is 22.3 Å². The van der Waals surface area contributed by atoms with Crippen molar-refractivity contribution in [2.75, 3.05) is 20.4 Å². The van der Waals surface area contributed by atoms with Crippen molar-refractivity contribution in [2.24, 2.45) is 0 Å². The van der Waals surface area contributed by atoms with Crippen molar-refractivity contribution in [3.8, 4) is 0 Å². The van der Waals surface area contributed by atoms with Crippen LogP contribution in [0.1, 0.15) is 62.1 Å². The molecule has 0 unspecified atom stereocenters. The van der Waals surface area contributed by atoms with Crippen molar-refractivity contribution in [2.45, 2.75) is 0 Å². The van der Waals surface area contributed by atoms with Gasteiger partial charge in [0, 0.05) is 22.5 Å². The lowest BCUT2D eigenvalue weighted by Gasteiger charge is -2.17. The van der Waals surface area contributed by atoms with E-state index in [0.717, 1.165) is 31.3 Å². The average molecular weight is 708 g/mol. The maximum Gasteiger partial charge on any atom is 0.267 e. The van der Waals surface area contributed by atoms with Crippen LogP contribution in [-0.4, -0.2) is 40.4 Å². The first-order valence-electron chi connectivity index (χ1n) is 16.9. The van der Waals surface area contributed by atoms with Gasteiger partial charge in [0.15, 0.2) is 0 Å². The van der Waals surface area contributed by atoms with Crippen LogP contribution in [0.3, 0.4) is 0 Å². The highest BCUT2D eigenvalue weighted by molar-refractivity contribution is 6.36. The molecule has 0 aliphatic carbocycles. The molecule has 2 aliphatic rings. The Morgan fingerprint density at radius 1 is 0.407 bits per heavy atom. The number of nitrogens with one attached hydrogen (secondary N) is 2. The molecule has 11 nitrogen and oxygen atoms in total. The fraction of sp³-hybridized carbons (Fsp3) is 0. The van der Waals surface area contributed by atoms with Crippen molar-refractivity contribution in [3.63, 3.8) is 0 Å². The Morgan fingerprint density at radius 2 is 0.815 bits per heavy atom. The highest BCUT2D eigenvalue weighted by atomic mass is 16.2. The number of carbonyl (C=O) groups is 6. The molecule has 9 rings (SSSR count). The number of rotatable bonds is 6. The molecule has 258 valence electrons. The van der Waals surface area contributed by atoms with E-state index in [0.29, 0.717) is 11.4 Å². The first-order chi connectivity index (χ1) is 26.2. The topological polar surface area (TPSA) is 146 Å². The van der Waals surface area contributed by atoms with Crippen molar-refractivity contribution in [1.82, 2.24) is 4.98 Å². The molecule has 1 aromatic heterocycles. The Bertz CT molecular complexity index is 2640. The molecule has 2 N–H and O–H groups in total. The van der Waals surface area contributed by atoms with E-state index in [1.165, 1.54) is 54.6 Å². The number of amides is 6. The SMILES string of the molecule is O=C(Nc1ccc2ccccc2c1)c1ccc2c(c1)C(=O)N(c1cccc(N3C(=O)c4ccc(C(=O)Nc5ccc6ccccc6c5)cc4C3=O)n1)C2=O. The number of hydrogen-bond donors (Lipinski definition) is 2. The Labute approximate surface area is 306 Å². The smallest absolute Gasteiger partial charge is 0.267 e. The standard InChI is InChI=1S/C43H25N5O6/c49-38(44-30-16-12-24-6-1-3-8-26(24)20-30)28-14-18-32-34(22-28)42(53)47(40(32)51)36-10-5-11-37(46-36)48-41(52)33-19-15-29(23-35(33)43(48)54)39(50)45-31-17-13-25-7-2-4-9-27(25)21-31/h1-23H,(H,44,49)(H,45,50). The lowest BCUT2D eigenvalue weighted by Crippen LogP contribution is -2.33. The van der Waals surface area contributed by atoms with Crippen LogP contribution in [0.4, 0.5) is 23.0 Å². The lowest BCUT2D eigenvalue weighted by atomic mass is 10.0. The summed E-state index contributed by atoms with van der Waals surface area (Å²) in [5.41, 5.74) is 1.64. The minimum Gasteiger partial charge on any atom is -0.322 e. The highest BCUT2D eigenvalue weighted by Gasteiger charge is 2.41. The van der Waals surface area contributed by atoms with Crippen molar-refractivity contribution in [3.05, 3.63) is 173 Å². The zero-order valence-corrected chi connectivity index (χ0v) is 28.1. The molecule has 0 saturated carbocycles. The van der Waals surface area contributed by atoms with Gasteiger partial charge in [-0.15, -0.1) is 0 Å². The summed E-state index contributed by atoms with van der Waals surface area (Å²) in [6, 6.07) is 39.2. The van der Waals surface area contributed by atoms with Gasteiger partial charge in [0.25, 0.3) is 35.4 Å². The summed E-state index contributed by atoms with van der Waals surface area (Å²) in [5, 5.41) is 9.61. The van der Waals surface area contributed by atoms with E-state index < -0.39 is 35.4 Å². The van der Waals surface area contributed by atoms with Gasteiger partial charge in [-0.1, -0.05) is 66.7 Å². The third-order valence-electron chi connectivity index (χ3n) is 9.49. The number of nitrogens with zero attached hydrogens (tertiary/aromatic N) is 3. The second-order valence-electron chi connectivity index (χ2n) is 12.8. The van der Waals surface area contributed by atoms with Gasteiger partial charge in [-0.2, -0.15) is 0 Å². The van der Waals surface area contributed by atoms with E-state index in [1.807, 2.05) is 72.8 Å². The van der Waals surface area contributed by atoms with Crippen molar-refractivity contribution >= 4 is 80.0 Å². The fourth-order valence-electron chi connectivity index (χ4n) is 6.78. The van der Waals surface area contributed by atoms with Crippen LogP contribution in [0.2, 0.25) is 0 Å². The number of pyridine rings is 1.